The number of benzene rings is 1. The van der Waals surface area contributed by atoms with Gasteiger partial charge in [0.05, 0.1) is 5.69 Å². The van der Waals surface area contributed by atoms with Gasteiger partial charge in [0.1, 0.15) is 0 Å². The number of carbonyl (C=O) groups excluding carboxylic acids is 1. The van der Waals surface area contributed by atoms with Crippen LogP contribution in [0.15, 0.2) is 33.7 Å². The number of anilines is 1. The number of rotatable bonds is 4. The molecule has 1 amide bonds. The molecule has 22 heavy (non-hydrogen) atoms. The summed E-state index contributed by atoms with van der Waals surface area (Å²) in [6.45, 7) is 4.30. The normalized spacial score (nSPS) is 14.0. The highest BCUT2D eigenvalue weighted by Gasteiger charge is 2.21. The Balaban J connectivity index is 1.70. The minimum absolute atomic E-state index is 0.148. The maximum Gasteiger partial charge on any atom is 0.258 e. The zero-order valence-electron chi connectivity index (χ0n) is 12.9. The van der Waals surface area contributed by atoms with E-state index < -0.39 is 0 Å². The van der Waals surface area contributed by atoms with Crippen molar-refractivity contribution in [2.75, 3.05) is 5.32 Å². The molecule has 1 aliphatic rings. The molecule has 116 valence electrons. The van der Waals surface area contributed by atoms with Gasteiger partial charge in [-0.3, -0.25) is 10.1 Å². The number of hydrogen-bond acceptors (Lipinski definition) is 4. The van der Waals surface area contributed by atoms with E-state index in [0.717, 1.165) is 36.9 Å². The van der Waals surface area contributed by atoms with E-state index in [9.17, 15) is 4.79 Å². The molecule has 0 fully saturated rings. The molecule has 0 spiro atoms. The van der Waals surface area contributed by atoms with Crippen molar-refractivity contribution in [2.45, 2.75) is 49.7 Å². The molecule has 1 aliphatic carbocycles. The molecular weight excluding hydrogens is 296 g/mol. The summed E-state index contributed by atoms with van der Waals surface area (Å²) in [5.74, 6) is 0.367. The lowest BCUT2D eigenvalue weighted by Gasteiger charge is -2.10. The van der Waals surface area contributed by atoms with E-state index in [4.69, 9.17) is 4.52 Å². The van der Waals surface area contributed by atoms with E-state index in [1.807, 2.05) is 24.3 Å². The molecular formula is C17H20N2O2S. The second-order valence-electron chi connectivity index (χ2n) is 5.79. The lowest BCUT2D eigenvalue weighted by molar-refractivity contribution is 0.102. The highest BCUT2D eigenvalue weighted by Crippen LogP contribution is 2.28. The number of thioether (sulfide) groups is 1. The summed E-state index contributed by atoms with van der Waals surface area (Å²) < 4.78 is 5.30. The van der Waals surface area contributed by atoms with Crippen LogP contribution in [0.3, 0.4) is 0 Å². The van der Waals surface area contributed by atoms with E-state index in [-0.39, 0.29) is 5.91 Å². The third-order valence-corrected chi connectivity index (χ3v) is 4.69. The molecule has 0 atom stereocenters. The summed E-state index contributed by atoms with van der Waals surface area (Å²) in [5, 5.41) is 7.44. The SMILES string of the molecule is CC(C)Sc1ccc(C(=O)Nc2onc3c2CCCC3)cc1. The van der Waals surface area contributed by atoms with Crippen molar-refractivity contribution in [2.24, 2.45) is 0 Å². The molecule has 5 heteroatoms. The monoisotopic (exact) mass is 316 g/mol. The Morgan fingerprint density at radius 1 is 1.23 bits per heavy atom. The first-order chi connectivity index (χ1) is 10.6. The van der Waals surface area contributed by atoms with Crippen molar-refractivity contribution >= 4 is 23.6 Å². The molecule has 0 saturated carbocycles. The van der Waals surface area contributed by atoms with Crippen LogP contribution < -0.4 is 5.32 Å². The van der Waals surface area contributed by atoms with Crippen LogP contribution in [0.5, 0.6) is 0 Å². The second-order valence-corrected chi connectivity index (χ2v) is 7.44. The van der Waals surface area contributed by atoms with Crippen molar-refractivity contribution in [3.05, 3.63) is 41.1 Å². The summed E-state index contributed by atoms with van der Waals surface area (Å²) in [7, 11) is 0. The summed E-state index contributed by atoms with van der Waals surface area (Å²) in [6, 6.07) is 7.66. The molecule has 1 heterocycles. The Morgan fingerprint density at radius 3 is 2.68 bits per heavy atom. The highest BCUT2D eigenvalue weighted by molar-refractivity contribution is 7.99. The van der Waals surface area contributed by atoms with Gasteiger partial charge < -0.3 is 4.52 Å². The third kappa shape index (κ3) is 3.35. The van der Waals surface area contributed by atoms with Crippen molar-refractivity contribution in [1.82, 2.24) is 5.16 Å². The molecule has 0 unspecified atom stereocenters. The molecule has 0 radical (unpaired) electrons. The van der Waals surface area contributed by atoms with E-state index in [1.165, 1.54) is 4.90 Å². The van der Waals surface area contributed by atoms with Crippen LogP contribution in [0.1, 0.15) is 48.3 Å². The fourth-order valence-electron chi connectivity index (χ4n) is 2.62. The van der Waals surface area contributed by atoms with Gasteiger partial charge in [-0.1, -0.05) is 19.0 Å². The van der Waals surface area contributed by atoms with Crippen LogP contribution in [0.4, 0.5) is 5.88 Å². The molecule has 1 N–H and O–H groups in total. The maximum absolute atomic E-state index is 12.3. The molecule has 0 bridgehead atoms. The molecule has 0 aliphatic heterocycles. The Kier molecular flexibility index (Phi) is 4.52. The predicted molar refractivity (Wildman–Crippen MR) is 88.5 cm³/mol. The number of aromatic nitrogens is 1. The molecule has 1 aromatic heterocycles. The predicted octanol–water partition coefficient (Wildman–Crippen LogP) is 4.31. The van der Waals surface area contributed by atoms with Gasteiger partial charge in [0, 0.05) is 21.3 Å². The van der Waals surface area contributed by atoms with E-state index in [0.29, 0.717) is 16.7 Å². The molecule has 3 rings (SSSR count). The number of hydrogen-bond donors (Lipinski definition) is 1. The lowest BCUT2D eigenvalue weighted by atomic mass is 9.97. The van der Waals surface area contributed by atoms with Gasteiger partial charge in [-0.25, -0.2) is 0 Å². The summed E-state index contributed by atoms with van der Waals surface area (Å²) in [6.07, 6.45) is 4.13. The fourth-order valence-corrected chi connectivity index (χ4v) is 3.46. The average molecular weight is 316 g/mol. The minimum Gasteiger partial charge on any atom is -0.338 e. The Labute approximate surface area is 134 Å². The van der Waals surface area contributed by atoms with Gasteiger partial charge in [0.2, 0.25) is 5.88 Å². The number of nitrogens with zero attached hydrogens (tertiary/aromatic N) is 1. The van der Waals surface area contributed by atoms with Crippen LogP contribution in [0.25, 0.3) is 0 Å². The lowest BCUT2D eigenvalue weighted by Crippen LogP contribution is -2.13. The van der Waals surface area contributed by atoms with E-state index in [2.05, 4.69) is 24.3 Å². The zero-order chi connectivity index (χ0) is 15.5. The number of nitrogens with one attached hydrogen (secondary N) is 1. The minimum atomic E-state index is -0.148. The van der Waals surface area contributed by atoms with Gasteiger partial charge in [-0.05, 0) is 49.9 Å². The Bertz CT molecular complexity index is 662. The van der Waals surface area contributed by atoms with Crippen molar-refractivity contribution < 1.29 is 9.32 Å². The first-order valence-corrected chi connectivity index (χ1v) is 8.57. The number of aryl methyl sites for hydroxylation is 1. The highest BCUT2D eigenvalue weighted by atomic mass is 32.2. The van der Waals surface area contributed by atoms with Crippen LogP contribution >= 0.6 is 11.8 Å². The maximum atomic E-state index is 12.3. The van der Waals surface area contributed by atoms with E-state index >= 15 is 0 Å². The van der Waals surface area contributed by atoms with Gasteiger partial charge >= 0.3 is 0 Å². The quantitative estimate of drug-likeness (QED) is 0.854. The summed E-state index contributed by atoms with van der Waals surface area (Å²) >= 11 is 1.78. The Morgan fingerprint density at radius 2 is 1.95 bits per heavy atom. The summed E-state index contributed by atoms with van der Waals surface area (Å²) in [5.41, 5.74) is 2.69. The van der Waals surface area contributed by atoms with Crippen molar-refractivity contribution in [3.8, 4) is 0 Å². The number of fused-ring (bicyclic) bond motifs is 1. The van der Waals surface area contributed by atoms with Crippen molar-refractivity contribution in [1.29, 1.82) is 0 Å². The van der Waals surface area contributed by atoms with Crippen LogP contribution in [0.2, 0.25) is 0 Å². The topological polar surface area (TPSA) is 55.1 Å². The van der Waals surface area contributed by atoms with Gasteiger partial charge in [-0.2, -0.15) is 0 Å². The van der Waals surface area contributed by atoms with Crippen LogP contribution in [-0.4, -0.2) is 16.3 Å². The Hall–Kier alpha value is -1.75. The van der Waals surface area contributed by atoms with Crippen molar-refractivity contribution in [3.63, 3.8) is 0 Å². The van der Waals surface area contributed by atoms with Gasteiger partial charge in [-0.15, -0.1) is 11.8 Å². The smallest absolute Gasteiger partial charge is 0.258 e. The second kappa shape index (κ2) is 6.57. The number of amides is 1. The third-order valence-electron chi connectivity index (χ3n) is 3.68. The largest absolute Gasteiger partial charge is 0.338 e. The molecule has 2 aromatic rings. The first-order valence-electron chi connectivity index (χ1n) is 7.69. The molecule has 4 nitrogen and oxygen atoms in total. The van der Waals surface area contributed by atoms with Crippen LogP contribution in [-0.2, 0) is 12.8 Å². The van der Waals surface area contributed by atoms with Crippen LogP contribution in [0, 0.1) is 0 Å². The standard InChI is InChI=1S/C17H20N2O2S/c1-11(2)22-13-9-7-12(8-10-13)16(20)18-17-14-5-3-4-6-15(14)19-21-17/h7-11H,3-6H2,1-2H3,(H,18,20). The first kappa shape index (κ1) is 15.2. The summed E-state index contributed by atoms with van der Waals surface area (Å²) in [4.78, 5) is 13.5. The van der Waals surface area contributed by atoms with Gasteiger partial charge in [0.15, 0.2) is 0 Å². The van der Waals surface area contributed by atoms with E-state index in [1.54, 1.807) is 11.8 Å². The fraction of sp³-hybridized carbons (Fsp3) is 0.412. The average Bonchev–Trinajstić information content (AvgIpc) is 2.91. The van der Waals surface area contributed by atoms with Gasteiger partial charge in [0.25, 0.3) is 5.91 Å². The molecule has 1 aromatic carbocycles. The molecule has 0 saturated heterocycles. The zero-order valence-corrected chi connectivity index (χ0v) is 13.7. The number of carbonyl (C=O) groups is 1.